The van der Waals surface area contributed by atoms with Crippen LogP contribution >= 0.6 is 0 Å². The van der Waals surface area contributed by atoms with E-state index in [4.69, 9.17) is 0 Å². The number of likely N-dealkylation sites (tertiary alicyclic amines) is 2. The number of rotatable bonds is 3. The number of nitrogens with zero attached hydrogens (tertiary/aromatic N) is 2. The molecule has 0 spiro atoms. The number of hydrogen-bond donors (Lipinski definition) is 1. The molecule has 1 amide bonds. The Balaban J connectivity index is 1.53. The van der Waals surface area contributed by atoms with Crippen molar-refractivity contribution in [3.8, 4) is 0 Å². The van der Waals surface area contributed by atoms with Gasteiger partial charge in [0.2, 0.25) is 5.91 Å². The van der Waals surface area contributed by atoms with Crippen LogP contribution in [0, 0.1) is 11.8 Å². The molecule has 112 valence electrons. The van der Waals surface area contributed by atoms with Gasteiger partial charge in [-0.2, -0.15) is 0 Å². The van der Waals surface area contributed by atoms with E-state index in [2.05, 4.69) is 11.8 Å². The van der Waals surface area contributed by atoms with Crippen LogP contribution < -0.4 is 0 Å². The van der Waals surface area contributed by atoms with Crippen molar-refractivity contribution in [3.63, 3.8) is 0 Å². The Kier molecular flexibility index (Phi) is 3.71. The molecule has 0 aromatic heterocycles. The maximum Gasteiger partial charge on any atom is 0.320 e. The second-order valence-electron chi connectivity index (χ2n) is 6.61. The van der Waals surface area contributed by atoms with Gasteiger partial charge in [0, 0.05) is 25.0 Å². The van der Waals surface area contributed by atoms with Gasteiger partial charge in [-0.15, -0.1) is 0 Å². The van der Waals surface area contributed by atoms with Crippen LogP contribution in [0.3, 0.4) is 0 Å². The number of carbonyl (C=O) groups is 2. The summed E-state index contributed by atoms with van der Waals surface area (Å²) in [5.74, 6) is 0.472. The van der Waals surface area contributed by atoms with Crippen LogP contribution in [0.5, 0.6) is 0 Å². The van der Waals surface area contributed by atoms with Gasteiger partial charge in [0.15, 0.2) is 0 Å². The minimum atomic E-state index is -0.687. The van der Waals surface area contributed by atoms with Crippen LogP contribution in [0.15, 0.2) is 0 Å². The van der Waals surface area contributed by atoms with E-state index in [0.29, 0.717) is 17.9 Å². The number of carbonyl (C=O) groups excluding carboxylic acids is 1. The van der Waals surface area contributed by atoms with Gasteiger partial charge in [0.1, 0.15) is 6.04 Å². The highest BCUT2D eigenvalue weighted by molar-refractivity contribution is 5.81. The Labute approximate surface area is 119 Å². The van der Waals surface area contributed by atoms with Crippen LogP contribution in [-0.2, 0) is 9.59 Å². The highest BCUT2D eigenvalue weighted by Gasteiger charge is 2.43. The SMILES string of the molecule is CC1CC1C(=O)N1CCC(N2CCCC2C(=O)O)CC1. The molecule has 3 atom stereocenters. The molecule has 3 fully saturated rings. The molecule has 1 N–H and O–H groups in total. The first-order valence-corrected chi connectivity index (χ1v) is 7.85. The molecule has 0 radical (unpaired) electrons. The lowest BCUT2D eigenvalue weighted by atomic mass is 10.0. The molecule has 0 bridgehead atoms. The average molecular weight is 280 g/mol. The topological polar surface area (TPSA) is 60.9 Å². The molecule has 5 heteroatoms. The Bertz CT molecular complexity index is 404. The largest absolute Gasteiger partial charge is 0.480 e. The second kappa shape index (κ2) is 5.35. The maximum atomic E-state index is 12.2. The predicted molar refractivity (Wildman–Crippen MR) is 74.2 cm³/mol. The first kappa shape index (κ1) is 13.9. The van der Waals surface area contributed by atoms with Gasteiger partial charge >= 0.3 is 5.97 Å². The third-order valence-corrected chi connectivity index (χ3v) is 5.25. The Morgan fingerprint density at radius 1 is 1.10 bits per heavy atom. The molecule has 0 aromatic rings. The molecule has 5 nitrogen and oxygen atoms in total. The van der Waals surface area contributed by atoms with E-state index in [-0.39, 0.29) is 12.0 Å². The van der Waals surface area contributed by atoms with Crippen molar-refractivity contribution < 1.29 is 14.7 Å². The molecule has 3 unspecified atom stereocenters. The first-order chi connectivity index (χ1) is 9.58. The van der Waals surface area contributed by atoms with Crippen LogP contribution in [0.4, 0.5) is 0 Å². The quantitative estimate of drug-likeness (QED) is 0.843. The van der Waals surface area contributed by atoms with Crippen molar-refractivity contribution in [1.82, 2.24) is 9.80 Å². The van der Waals surface area contributed by atoms with Gasteiger partial charge in [0.25, 0.3) is 0 Å². The van der Waals surface area contributed by atoms with E-state index in [0.717, 1.165) is 51.7 Å². The minimum absolute atomic E-state index is 0.269. The lowest BCUT2D eigenvalue weighted by Gasteiger charge is -2.38. The highest BCUT2D eigenvalue weighted by atomic mass is 16.4. The van der Waals surface area contributed by atoms with Crippen LogP contribution in [0.2, 0.25) is 0 Å². The molecule has 20 heavy (non-hydrogen) atoms. The average Bonchev–Trinajstić information content (AvgIpc) is 2.98. The summed E-state index contributed by atoms with van der Waals surface area (Å²) < 4.78 is 0. The van der Waals surface area contributed by atoms with E-state index in [9.17, 15) is 14.7 Å². The molecule has 0 aromatic carbocycles. The second-order valence-corrected chi connectivity index (χ2v) is 6.61. The summed E-state index contributed by atoms with van der Waals surface area (Å²) in [6, 6.07) is 0.0463. The van der Waals surface area contributed by atoms with Gasteiger partial charge in [-0.25, -0.2) is 0 Å². The number of carboxylic acid groups (broad SMARTS) is 1. The van der Waals surface area contributed by atoms with Gasteiger partial charge in [0.05, 0.1) is 0 Å². The van der Waals surface area contributed by atoms with E-state index in [1.54, 1.807) is 0 Å². The fourth-order valence-corrected chi connectivity index (χ4v) is 3.81. The van der Waals surface area contributed by atoms with Crippen molar-refractivity contribution in [2.45, 2.75) is 51.1 Å². The number of piperidine rings is 1. The maximum absolute atomic E-state index is 12.2. The van der Waals surface area contributed by atoms with Gasteiger partial charge < -0.3 is 10.0 Å². The van der Waals surface area contributed by atoms with Crippen LogP contribution in [-0.4, -0.2) is 58.5 Å². The normalized spacial score (nSPS) is 35.2. The predicted octanol–water partition coefficient (Wildman–Crippen LogP) is 1.18. The zero-order valence-electron chi connectivity index (χ0n) is 12.1. The summed E-state index contributed by atoms with van der Waals surface area (Å²) in [5, 5.41) is 9.26. The standard InChI is InChI=1S/C15H24N2O3/c1-10-9-12(10)14(18)16-7-4-11(5-8-16)17-6-2-3-13(17)15(19)20/h10-13H,2-9H2,1H3,(H,19,20). The molecule has 3 rings (SSSR count). The molecular formula is C15H24N2O3. The van der Waals surface area contributed by atoms with Crippen molar-refractivity contribution in [1.29, 1.82) is 0 Å². The molecule has 3 aliphatic rings. The zero-order chi connectivity index (χ0) is 14.3. The minimum Gasteiger partial charge on any atom is -0.480 e. The Hall–Kier alpha value is -1.10. The smallest absolute Gasteiger partial charge is 0.320 e. The first-order valence-electron chi connectivity index (χ1n) is 7.85. The summed E-state index contributed by atoms with van der Waals surface area (Å²) in [6.07, 6.45) is 4.66. The van der Waals surface area contributed by atoms with Gasteiger partial charge in [-0.05, 0) is 44.6 Å². The Morgan fingerprint density at radius 2 is 1.75 bits per heavy atom. The highest BCUT2D eigenvalue weighted by Crippen LogP contribution is 2.39. The number of hydrogen-bond acceptors (Lipinski definition) is 3. The van der Waals surface area contributed by atoms with Crippen LogP contribution in [0.1, 0.15) is 39.0 Å². The molecular weight excluding hydrogens is 256 g/mol. The summed E-state index contributed by atoms with van der Waals surface area (Å²) in [7, 11) is 0. The zero-order valence-corrected chi connectivity index (χ0v) is 12.1. The fraction of sp³-hybridized carbons (Fsp3) is 0.867. The summed E-state index contributed by atoms with van der Waals surface area (Å²) >= 11 is 0. The van der Waals surface area contributed by atoms with Gasteiger partial charge in [-0.1, -0.05) is 6.92 Å². The summed E-state index contributed by atoms with van der Waals surface area (Å²) in [5.41, 5.74) is 0. The van der Waals surface area contributed by atoms with Crippen LogP contribution in [0.25, 0.3) is 0 Å². The van der Waals surface area contributed by atoms with Crippen molar-refractivity contribution >= 4 is 11.9 Å². The Morgan fingerprint density at radius 3 is 2.30 bits per heavy atom. The van der Waals surface area contributed by atoms with Crippen molar-refractivity contribution in [3.05, 3.63) is 0 Å². The van der Waals surface area contributed by atoms with E-state index < -0.39 is 5.97 Å². The number of aliphatic carboxylic acids is 1. The lowest BCUT2D eigenvalue weighted by molar-refractivity contribution is -0.144. The molecule has 1 aliphatic carbocycles. The van der Waals surface area contributed by atoms with Crippen molar-refractivity contribution in [2.75, 3.05) is 19.6 Å². The van der Waals surface area contributed by atoms with E-state index >= 15 is 0 Å². The molecule has 2 saturated heterocycles. The van der Waals surface area contributed by atoms with E-state index in [1.807, 2.05) is 4.90 Å². The van der Waals surface area contributed by atoms with E-state index in [1.165, 1.54) is 0 Å². The van der Waals surface area contributed by atoms with Crippen molar-refractivity contribution in [2.24, 2.45) is 11.8 Å². The molecule has 1 saturated carbocycles. The number of carboxylic acids is 1. The lowest BCUT2D eigenvalue weighted by Crippen LogP contribution is -2.50. The van der Waals surface area contributed by atoms with Gasteiger partial charge in [-0.3, -0.25) is 14.5 Å². The fourth-order valence-electron chi connectivity index (χ4n) is 3.81. The summed E-state index contributed by atoms with van der Waals surface area (Å²) in [4.78, 5) is 27.6. The summed E-state index contributed by atoms with van der Waals surface area (Å²) in [6.45, 7) is 4.64. The third-order valence-electron chi connectivity index (χ3n) is 5.25. The number of amides is 1. The monoisotopic (exact) mass is 280 g/mol. The molecule has 2 aliphatic heterocycles. The molecule has 2 heterocycles. The third kappa shape index (κ3) is 2.55.